The van der Waals surface area contributed by atoms with E-state index in [0.717, 1.165) is 0 Å². The predicted octanol–water partition coefficient (Wildman–Crippen LogP) is 16.9. The summed E-state index contributed by atoms with van der Waals surface area (Å²) < 4.78 is 7.16. The van der Waals surface area contributed by atoms with Gasteiger partial charge in [-0.15, -0.1) is 113 Å². The second kappa shape index (κ2) is 11.4. The molecule has 0 fully saturated rings. The average molecular weight is 795 g/mol. The van der Waals surface area contributed by atoms with Gasteiger partial charge in [0, 0.05) is 66.8 Å². The molecule has 230 valence electrons. The van der Waals surface area contributed by atoms with Crippen molar-refractivity contribution in [1.29, 1.82) is 0 Å². The molecule has 10 heterocycles. The Morgan fingerprint density at radius 3 is 1.06 bits per heavy atom. The third kappa shape index (κ3) is 4.22. The number of hydrogen-bond acceptors (Lipinski definition) is 10. The van der Waals surface area contributed by atoms with Gasteiger partial charge in [-0.1, -0.05) is 36.4 Å². The van der Waals surface area contributed by atoms with Crippen molar-refractivity contribution in [3.8, 4) is 60.6 Å². The lowest BCUT2D eigenvalue weighted by atomic mass is 10.00. The highest BCUT2D eigenvalue weighted by Crippen LogP contribution is 2.62. The van der Waals surface area contributed by atoms with Crippen molar-refractivity contribution in [2.45, 2.75) is 0 Å². The molecule has 0 atom stereocenters. The Morgan fingerprint density at radius 2 is 0.625 bits per heavy atom. The van der Waals surface area contributed by atoms with E-state index in [2.05, 4.69) is 105 Å². The van der Waals surface area contributed by atoms with Crippen LogP contribution in [0.4, 0.5) is 0 Å². The van der Waals surface area contributed by atoms with Crippen molar-refractivity contribution >= 4 is 153 Å². The van der Waals surface area contributed by atoms with Gasteiger partial charge in [-0.25, -0.2) is 0 Å². The smallest absolute Gasteiger partial charge is 0.0557 e. The molecular weight excluding hydrogens is 777 g/mol. The first-order valence-corrected chi connectivity index (χ1v) is 23.5. The number of thiophene rings is 10. The van der Waals surface area contributed by atoms with Crippen LogP contribution < -0.4 is 0 Å². The second-order valence-electron chi connectivity index (χ2n) is 11.2. The van der Waals surface area contributed by atoms with Gasteiger partial charge in [0.15, 0.2) is 0 Å². The van der Waals surface area contributed by atoms with Crippen LogP contribution >= 0.6 is 113 Å². The van der Waals surface area contributed by atoms with Crippen LogP contribution in [0.25, 0.3) is 100 Å². The maximum absolute atomic E-state index is 2.33. The molecule has 0 aliphatic rings. The molecule has 0 bridgehead atoms. The summed E-state index contributed by atoms with van der Waals surface area (Å²) in [6, 6.07) is 27.1. The summed E-state index contributed by atoms with van der Waals surface area (Å²) in [5.41, 5.74) is 4.23. The fraction of sp³-hybridized carbons (Fsp3) is 0. The molecule has 0 amide bonds. The monoisotopic (exact) mass is 794 g/mol. The molecule has 0 spiro atoms. The quantitative estimate of drug-likeness (QED) is 0.157. The number of benzene rings is 1. The lowest BCUT2D eigenvalue weighted by Gasteiger charge is -2.06. The van der Waals surface area contributed by atoms with Crippen molar-refractivity contribution in [1.82, 2.24) is 0 Å². The summed E-state index contributed by atoms with van der Waals surface area (Å²) >= 11 is 19.2. The summed E-state index contributed by atoms with van der Waals surface area (Å²) in [5, 5.41) is 17.7. The second-order valence-corrected chi connectivity index (χ2v) is 20.9. The van der Waals surface area contributed by atoms with E-state index in [1.807, 2.05) is 113 Å². The van der Waals surface area contributed by atoms with Crippen molar-refractivity contribution < 1.29 is 0 Å². The molecule has 11 aromatic rings. The summed E-state index contributed by atoms with van der Waals surface area (Å²) in [5.74, 6) is 0. The number of hydrogen-bond donors (Lipinski definition) is 0. The predicted molar refractivity (Wildman–Crippen MR) is 228 cm³/mol. The first kappa shape index (κ1) is 29.0. The lowest BCUT2D eigenvalue weighted by Crippen LogP contribution is -1.78. The minimum absolute atomic E-state index is 1.35. The summed E-state index contributed by atoms with van der Waals surface area (Å²) in [6.07, 6.45) is 0. The lowest BCUT2D eigenvalue weighted by molar-refractivity contribution is 1.90. The maximum atomic E-state index is 2.33. The maximum Gasteiger partial charge on any atom is 0.0557 e. The van der Waals surface area contributed by atoms with E-state index in [9.17, 15) is 0 Å². The molecule has 0 unspecified atom stereocenters. The number of fused-ring (bicyclic) bond motifs is 8. The van der Waals surface area contributed by atoms with Crippen LogP contribution in [0.5, 0.6) is 0 Å². The Bertz CT molecular complexity index is 2840. The Hall–Kier alpha value is -2.74. The van der Waals surface area contributed by atoms with Crippen molar-refractivity contribution in [3.63, 3.8) is 0 Å². The third-order valence-electron chi connectivity index (χ3n) is 8.56. The summed E-state index contributed by atoms with van der Waals surface area (Å²) in [4.78, 5) is 12.3. The zero-order chi connectivity index (χ0) is 31.3. The summed E-state index contributed by atoms with van der Waals surface area (Å²) in [6.45, 7) is 0. The molecule has 0 radical (unpaired) electrons. The SMILES string of the molecule is c1csc(-c2sc3c(sc4c5c(-c6cccs6)c(-c6cccs6)sc5c5sc(-c6cccs6)c(-c6cccs6)c5c34)c2-c2cccs2)c1. The molecule has 0 saturated heterocycles. The normalized spacial score (nSPS) is 12.2. The van der Waals surface area contributed by atoms with Crippen LogP contribution in [-0.4, -0.2) is 0 Å². The van der Waals surface area contributed by atoms with E-state index in [1.54, 1.807) is 0 Å². The first-order chi connectivity index (χ1) is 23.8. The number of rotatable bonds is 6. The van der Waals surface area contributed by atoms with E-state index in [0.29, 0.717) is 0 Å². The standard InChI is InChI=1S/C38H18S10/c1-7-19(39-13-1)25-28-30-34(48-35-27(21-9-3-15-41-21)33(47-38(30)35)24-12-6-18-44-24)29-26(20-8-2-14-40-20)32(23-11-5-17-43-23)46-37(29)36(28)45-31(25)22-10-4-16-42-22/h1-18H. The van der Waals surface area contributed by atoms with Crippen LogP contribution in [-0.2, 0) is 0 Å². The molecule has 0 nitrogen and oxygen atoms in total. The van der Waals surface area contributed by atoms with Gasteiger partial charge in [0.25, 0.3) is 0 Å². The molecule has 0 aliphatic heterocycles. The molecule has 0 N–H and O–H groups in total. The van der Waals surface area contributed by atoms with Gasteiger partial charge < -0.3 is 0 Å². The van der Waals surface area contributed by atoms with E-state index in [1.165, 1.54) is 100 Å². The zero-order valence-corrected chi connectivity index (χ0v) is 32.6. The highest BCUT2D eigenvalue weighted by molar-refractivity contribution is 7.39. The molecule has 11 rings (SSSR count). The van der Waals surface area contributed by atoms with Gasteiger partial charge >= 0.3 is 0 Å². The Kier molecular flexibility index (Phi) is 6.89. The molecule has 1 aromatic carbocycles. The minimum atomic E-state index is 1.35. The van der Waals surface area contributed by atoms with E-state index < -0.39 is 0 Å². The first-order valence-electron chi connectivity index (χ1n) is 15.0. The van der Waals surface area contributed by atoms with E-state index >= 15 is 0 Å². The van der Waals surface area contributed by atoms with Gasteiger partial charge in [-0.3, -0.25) is 0 Å². The molecule has 10 heteroatoms. The van der Waals surface area contributed by atoms with E-state index in [-0.39, 0.29) is 0 Å². The fourth-order valence-corrected chi connectivity index (χ4v) is 17.7. The van der Waals surface area contributed by atoms with Gasteiger partial charge in [-0.2, -0.15) is 0 Å². The molecular formula is C38H18S10. The molecule has 0 aliphatic carbocycles. The third-order valence-corrected chi connectivity index (χ3v) is 19.5. The Balaban J connectivity index is 1.41. The van der Waals surface area contributed by atoms with Crippen LogP contribution in [0.3, 0.4) is 0 Å². The average Bonchev–Trinajstić information content (AvgIpc) is 3.96. The van der Waals surface area contributed by atoms with Crippen LogP contribution in [0.15, 0.2) is 105 Å². The highest BCUT2D eigenvalue weighted by Gasteiger charge is 2.31. The Morgan fingerprint density at radius 1 is 0.271 bits per heavy atom. The van der Waals surface area contributed by atoms with Crippen molar-refractivity contribution in [3.05, 3.63) is 105 Å². The van der Waals surface area contributed by atoms with Crippen LogP contribution in [0, 0.1) is 0 Å². The van der Waals surface area contributed by atoms with Gasteiger partial charge in [0.05, 0.1) is 33.4 Å². The largest absolute Gasteiger partial charge is 0.144 e. The highest BCUT2D eigenvalue weighted by atomic mass is 32.1. The summed E-state index contributed by atoms with van der Waals surface area (Å²) in [7, 11) is 0. The molecule has 0 saturated carbocycles. The van der Waals surface area contributed by atoms with Crippen molar-refractivity contribution in [2.24, 2.45) is 0 Å². The van der Waals surface area contributed by atoms with Gasteiger partial charge in [0.1, 0.15) is 0 Å². The Labute approximate surface area is 315 Å². The fourth-order valence-electron chi connectivity index (χ4n) is 6.67. The zero-order valence-electron chi connectivity index (χ0n) is 24.5. The minimum Gasteiger partial charge on any atom is -0.144 e. The van der Waals surface area contributed by atoms with Crippen molar-refractivity contribution in [2.75, 3.05) is 0 Å². The van der Waals surface area contributed by atoms with E-state index in [4.69, 9.17) is 0 Å². The van der Waals surface area contributed by atoms with Crippen LogP contribution in [0.2, 0.25) is 0 Å². The molecule has 10 aromatic heterocycles. The van der Waals surface area contributed by atoms with Gasteiger partial charge in [-0.05, 0) is 68.7 Å². The van der Waals surface area contributed by atoms with Crippen LogP contribution in [0.1, 0.15) is 0 Å². The van der Waals surface area contributed by atoms with Gasteiger partial charge in [0.2, 0.25) is 0 Å². The topological polar surface area (TPSA) is 0 Å². The molecule has 48 heavy (non-hydrogen) atoms.